The van der Waals surface area contributed by atoms with Crippen LogP contribution in [0.5, 0.6) is 0 Å². The number of amides is 1. The van der Waals surface area contributed by atoms with Gasteiger partial charge in [0.05, 0.1) is 23.2 Å². The van der Waals surface area contributed by atoms with E-state index in [1.165, 1.54) is 23.0 Å². The highest BCUT2D eigenvalue weighted by molar-refractivity contribution is 7.99. The number of anilines is 1. The Morgan fingerprint density at radius 3 is 2.62 bits per heavy atom. The molecule has 1 amide bonds. The van der Waals surface area contributed by atoms with E-state index in [1.807, 2.05) is 0 Å². The van der Waals surface area contributed by atoms with Crippen molar-refractivity contribution in [3.63, 3.8) is 0 Å². The molecule has 0 unspecified atom stereocenters. The molecule has 2 N–H and O–H groups in total. The van der Waals surface area contributed by atoms with E-state index in [9.17, 15) is 22.8 Å². The molecule has 0 spiro atoms. The number of aromatic amines is 1. The average Bonchev–Trinajstić information content (AvgIpc) is 3.17. The molecule has 4 aromatic rings. The Morgan fingerprint density at radius 2 is 1.94 bits per heavy atom. The Balaban J connectivity index is 1.49. The molecule has 0 aliphatic heterocycles. The lowest BCUT2D eigenvalue weighted by Crippen LogP contribution is -2.16. The third kappa shape index (κ3) is 4.78. The first kappa shape index (κ1) is 21.9. The van der Waals surface area contributed by atoms with Crippen molar-refractivity contribution in [3.05, 3.63) is 75.7 Å². The summed E-state index contributed by atoms with van der Waals surface area (Å²) in [7, 11) is 0. The van der Waals surface area contributed by atoms with Gasteiger partial charge in [0.1, 0.15) is 5.39 Å². The van der Waals surface area contributed by atoms with Crippen molar-refractivity contribution in [2.24, 2.45) is 0 Å². The van der Waals surface area contributed by atoms with Crippen molar-refractivity contribution in [2.75, 3.05) is 11.1 Å². The first-order valence-corrected chi connectivity index (χ1v) is 10.4. The maximum absolute atomic E-state index is 12.6. The van der Waals surface area contributed by atoms with Gasteiger partial charge in [0.2, 0.25) is 5.91 Å². The molecule has 7 nitrogen and oxygen atoms in total. The number of benzene rings is 2. The molecule has 164 valence electrons. The van der Waals surface area contributed by atoms with E-state index in [0.29, 0.717) is 16.4 Å². The second-order valence-electron chi connectivity index (χ2n) is 6.56. The van der Waals surface area contributed by atoms with Crippen LogP contribution in [-0.4, -0.2) is 31.4 Å². The smallest absolute Gasteiger partial charge is 0.325 e. The summed E-state index contributed by atoms with van der Waals surface area (Å²) in [5.41, 5.74) is -0.104. The summed E-state index contributed by atoms with van der Waals surface area (Å²) in [5, 5.41) is 7.64. The van der Waals surface area contributed by atoms with E-state index in [4.69, 9.17) is 11.6 Å². The number of rotatable bonds is 5. The predicted molar refractivity (Wildman–Crippen MR) is 115 cm³/mol. The first-order valence-electron chi connectivity index (χ1n) is 9.04. The molecule has 0 aliphatic rings. The fraction of sp³-hybridized carbons (Fsp3) is 0.100. The highest BCUT2D eigenvalue weighted by Gasteiger charge is 2.30. The number of nitrogens with one attached hydrogen (secondary N) is 2. The second kappa shape index (κ2) is 8.67. The molecule has 0 fully saturated rings. The zero-order valence-corrected chi connectivity index (χ0v) is 17.6. The predicted octanol–water partition coefficient (Wildman–Crippen LogP) is 4.51. The lowest BCUT2D eigenvalue weighted by molar-refractivity contribution is -0.137. The van der Waals surface area contributed by atoms with Gasteiger partial charge in [-0.15, -0.1) is 0 Å². The number of aromatic nitrogens is 4. The Labute approximate surface area is 187 Å². The van der Waals surface area contributed by atoms with Gasteiger partial charge >= 0.3 is 6.18 Å². The minimum absolute atomic E-state index is 0.124. The third-order valence-corrected chi connectivity index (χ3v) is 5.41. The van der Waals surface area contributed by atoms with Crippen LogP contribution in [0.15, 0.2) is 64.7 Å². The number of halogens is 4. The average molecular weight is 480 g/mol. The van der Waals surface area contributed by atoms with Gasteiger partial charge < -0.3 is 10.3 Å². The Bertz CT molecular complexity index is 1350. The second-order valence-corrected chi connectivity index (χ2v) is 7.96. The fourth-order valence-corrected chi connectivity index (χ4v) is 3.68. The zero-order chi connectivity index (χ0) is 22.9. The Morgan fingerprint density at radius 1 is 1.19 bits per heavy atom. The van der Waals surface area contributed by atoms with Gasteiger partial charge in [-0.2, -0.15) is 18.3 Å². The SMILES string of the molecule is O=C(CSc1nc2c(cnn2-c2cccc(Cl)c2)c(=O)[nH]1)Nc1ccc(C(F)(F)F)cc1. The number of fused-ring (bicyclic) bond motifs is 1. The molecule has 0 saturated heterocycles. The summed E-state index contributed by atoms with van der Waals surface area (Å²) in [5.74, 6) is -0.596. The highest BCUT2D eigenvalue weighted by Crippen LogP contribution is 2.30. The van der Waals surface area contributed by atoms with Gasteiger partial charge in [0, 0.05) is 10.7 Å². The van der Waals surface area contributed by atoms with Gasteiger partial charge in [-0.25, -0.2) is 9.67 Å². The monoisotopic (exact) mass is 479 g/mol. The van der Waals surface area contributed by atoms with Gasteiger partial charge in [0.25, 0.3) is 5.56 Å². The summed E-state index contributed by atoms with van der Waals surface area (Å²) >= 11 is 6.99. The van der Waals surface area contributed by atoms with E-state index < -0.39 is 23.2 Å². The topological polar surface area (TPSA) is 92.7 Å². The van der Waals surface area contributed by atoms with E-state index in [2.05, 4.69) is 20.4 Å². The van der Waals surface area contributed by atoms with Crippen LogP contribution in [0.1, 0.15) is 5.56 Å². The van der Waals surface area contributed by atoms with Crippen LogP contribution in [0, 0.1) is 0 Å². The third-order valence-electron chi connectivity index (χ3n) is 4.31. The molecule has 2 aromatic heterocycles. The molecule has 32 heavy (non-hydrogen) atoms. The number of alkyl halides is 3. The maximum Gasteiger partial charge on any atom is 0.416 e. The standard InChI is InChI=1S/C20H13ClF3N5O2S/c21-12-2-1-3-14(8-12)29-17-15(9-25-29)18(31)28-19(27-17)32-10-16(30)26-13-6-4-11(5-7-13)20(22,23)24/h1-9H,10H2,(H,26,30)(H,27,28,31). The molecular weight excluding hydrogens is 467 g/mol. The molecule has 4 rings (SSSR count). The number of thioether (sulfide) groups is 1. The number of nitrogens with zero attached hydrogens (tertiary/aromatic N) is 3. The maximum atomic E-state index is 12.6. The van der Waals surface area contributed by atoms with Gasteiger partial charge in [-0.1, -0.05) is 29.4 Å². The molecule has 0 aliphatic carbocycles. The summed E-state index contributed by atoms with van der Waals surface area (Å²) in [6, 6.07) is 11.0. The number of H-pyrrole nitrogens is 1. The van der Waals surface area contributed by atoms with E-state index in [0.717, 1.165) is 23.9 Å². The van der Waals surface area contributed by atoms with E-state index in [1.54, 1.807) is 24.3 Å². The van der Waals surface area contributed by atoms with Crippen molar-refractivity contribution >= 4 is 46.0 Å². The normalized spacial score (nSPS) is 11.6. The van der Waals surface area contributed by atoms with E-state index >= 15 is 0 Å². The van der Waals surface area contributed by atoms with Crippen LogP contribution in [0.3, 0.4) is 0 Å². The summed E-state index contributed by atoms with van der Waals surface area (Å²) in [6.07, 6.45) is -3.07. The van der Waals surface area contributed by atoms with Crippen molar-refractivity contribution in [1.29, 1.82) is 0 Å². The molecule has 2 aromatic carbocycles. The summed E-state index contributed by atoms with van der Waals surface area (Å²) in [4.78, 5) is 31.5. The molecule has 0 bridgehead atoms. The Hall–Kier alpha value is -3.31. The van der Waals surface area contributed by atoms with Crippen LogP contribution >= 0.6 is 23.4 Å². The van der Waals surface area contributed by atoms with Gasteiger partial charge in [-0.3, -0.25) is 9.59 Å². The highest BCUT2D eigenvalue weighted by atomic mass is 35.5. The lowest BCUT2D eigenvalue weighted by Gasteiger charge is -2.09. The van der Waals surface area contributed by atoms with Crippen LogP contribution in [0.25, 0.3) is 16.7 Å². The van der Waals surface area contributed by atoms with Crippen LogP contribution in [-0.2, 0) is 11.0 Å². The van der Waals surface area contributed by atoms with Crippen molar-refractivity contribution in [1.82, 2.24) is 19.7 Å². The number of carbonyl (C=O) groups excluding carboxylic acids is 1. The molecule has 0 atom stereocenters. The molecule has 0 saturated carbocycles. The van der Waals surface area contributed by atoms with Gasteiger partial charge in [-0.05, 0) is 42.5 Å². The largest absolute Gasteiger partial charge is 0.416 e. The molecule has 12 heteroatoms. The molecule has 0 radical (unpaired) electrons. The summed E-state index contributed by atoms with van der Waals surface area (Å²) in [6.45, 7) is 0. The summed E-state index contributed by atoms with van der Waals surface area (Å²) < 4.78 is 39.3. The minimum atomic E-state index is -4.45. The van der Waals surface area contributed by atoms with Crippen molar-refractivity contribution in [3.8, 4) is 5.69 Å². The quantitative estimate of drug-likeness (QED) is 0.324. The van der Waals surface area contributed by atoms with Crippen molar-refractivity contribution in [2.45, 2.75) is 11.3 Å². The lowest BCUT2D eigenvalue weighted by atomic mass is 10.2. The minimum Gasteiger partial charge on any atom is -0.325 e. The number of hydrogen-bond acceptors (Lipinski definition) is 5. The Kier molecular flexibility index (Phi) is 5.94. The number of carbonyl (C=O) groups is 1. The zero-order valence-electron chi connectivity index (χ0n) is 16.0. The van der Waals surface area contributed by atoms with Crippen LogP contribution < -0.4 is 10.9 Å². The van der Waals surface area contributed by atoms with Gasteiger partial charge in [0.15, 0.2) is 10.8 Å². The van der Waals surface area contributed by atoms with E-state index in [-0.39, 0.29) is 22.0 Å². The van der Waals surface area contributed by atoms with Crippen LogP contribution in [0.2, 0.25) is 5.02 Å². The van der Waals surface area contributed by atoms with Crippen LogP contribution in [0.4, 0.5) is 18.9 Å². The molecular formula is C20H13ClF3N5O2S. The first-order chi connectivity index (χ1) is 15.2. The fourth-order valence-electron chi connectivity index (χ4n) is 2.84. The van der Waals surface area contributed by atoms with Crippen molar-refractivity contribution < 1.29 is 18.0 Å². The molecule has 2 heterocycles. The number of hydrogen-bond donors (Lipinski definition) is 2.